The van der Waals surface area contributed by atoms with Crippen molar-refractivity contribution in [2.24, 2.45) is 0 Å². The van der Waals surface area contributed by atoms with Gasteiger partial charge in [0.25, 0.3) is 0 Å². The number of hydrogen-bond donors (Lipinski definition) is 1. The molecule has 0 bridgehead atoms. The molecule has 5 nitrogen and oxygen atoms in total. The third kappa shape index (κ3) is 3.13. The minimum Gasteiger partial charge on any atom is -0.355 e. The summed E-state index contributed by atoms with van der Waals surface area (Å²) in [4.78, 5) is 12.6. The Bertz CT molecular complexity index is 679. The highest BCUT2D eigenvalue weighted by molar-refractivity contribution is 7.98. The molecule has 6 heteroatoms. The van der Waals surface area contributed by atoms with Gasteiger partial charge >= 0.3 is 0 Å². The van der Waals surface area contributed by atoms with Gasteiger partial charge < -0.3 is 9.88 Å². The second-order valence-electron chi connectivity index (χ2n) is 5.80. The first-order chi connectivity index (χ1) is 11.2. The summed E-state index contributed by atoms with van der Waals surface area (Å²) in [5.41, 5.74) is 0.823. The summed E-state index contributed by atoms with van der Waals surface area (Å²) in [7, 11) is 0. The van der Waals surface area contributed by atoms with E-state index in [1.807, 2.05) is 36.6 Å². The summed E-state index contributed by atoms with van der Waals surface area (Å²) in [6.07, 6.45) is 4.58. The van der Waals surface area contributed by atoms with Crippen LogP contribution in [-0.2, 0) is 23.2 Å². The molecule has 1 fully saturated rings. The summed E-state index contributed by atoms with van der Waals surface area (Å²) in [5, 5.41) is 12.4. The summed E-state index contributed by atoms with van der Waals surface area (Å²) in [6.45, 7) is 3.53. The monoisotopic (exact) mass is 330 g/mol. The predicted octanol–water partition coefficient (Wildman–Crippen LogP) is 2.41. The van der Waals surface area contributed by atoms with Gasteiger partial charge in [0.2, 0.25) is 5.91 Å². The van der Waals surface area contributed by atoms with Crippen molar-refractivity contribution in [2.45, 2.75) is 43.3 Å². The molecule has 0 spiro atoms. The lowest BCUT2D eigenvalue weighted by molar-refractivity contribution is -0.123. The molecule has 1 heterocycles. The van der Waals surface area contributed by atoms with Crippen molar-refractivity contribution in [3.8, 4) is 0 Å². The molecule has 1 N–H and O–H groups in total. The number of carbonyl (C=O) groups is 1. The summed E-state index contributed by atoms with van der Waals surface area (Å²) in [5.74, 6) is 1.07. The minimum atomic E-state index is -0.301. The lowest BCUT2D eigenvalue weighted by Gasteiger charge is -2.15. The molecule has 23 heavy (non-hydrogen) atoms. The molecular weight excluding hydrogens is 308 g/mol. The van der Waals surface area contributed by atoms with Gasteiger partial charge in [0.05, 0.1) is 5.41 Å². The van der Waals surface area contributed by atoms with Gasteiger partial charge in [0.15, 0.2) is 5.16 Å². The van der Waals surface area contributed by atoms with E-state index in [0.29, 0.717) is 13.0 Å². The third-order valence-corrected chi connectivity index (χ3v) is 5.10. The van der Waals surface area contributed by atoms with E-state index in [1.165, 1.54) is 0 Å². The Morgan fingerprint density at radius 3 is 2.65 bits per heavy atom. The van der Waals surface area contributed by atoms with E-state index in [4.69, 9.17) is 0 Å². The zero-order valence-electron chi connectivity index (χ0n) is 13.6. The first-order valence-corrected chi connectivity index (χ1v) is 9.23. The fraction of sp³-hybridized carbons (Fsp3) is 0.471. The predicted molar refractivity (Wildman–Crippen MR) is 91.5 cm³/mol. The van der Waals surface area contributed by atoms with Crippen LogP contribution in [0.4, 0.5) is 0 Å². The van der Waals surface area contributed by atoms with Crippen LogP contribution in [0.25, 0.3) is 0 Å². The van der Waals surface area contributed by atoms with Crippen LogP contribution in [0.5, 0.6) is 0 Å². The highest BCUT2D eigenvalue weighted by Crippen LogP contribution is 2.48. The second-order valence-corrected chi connectivity index (χ2v) is 6.57. The molecule has 0 aliphatic heterocycles. The Morgan fingerprint density at radius 2 is 2.04 bits per heavy atom. The first-order valence-electron chi connectivity index (χ1n) is 8.01. The molecule has 1 amide bonds. The van der Waals surface area contributed by atoms with Crippen molar-refractivity contribution in [1.29, 1.82) is 0 Å². The number of benzene rings is 1. The van der Waals surface area contributed by atoms with E-state index in [-0.39, 0.29) is 11.3 Å². The minimum absolute atomic E-state index is 0.136. The van der Waals surface area contributed by atoms with Gasteiger partial charge in [-0.3, -0.25) is 4.79 Å². The van der Waals surface area contributed by atoms with Gasteiger partial charge in [0, 0.05) is 19.5 Å². The van der Waals surface area contributed by atoms with Crippen LogP contribution < -0.4 is 5.32 Å². The normalized spacial score (nSPS) is 15.4. The molecule has 122 valence electrons. The zero-order valence-corrected chi connectivity index (χ0v) is 14.4. The van der Waals surface area contributed by atoms with E-state index in [2.05, 4.69) is 27.0 Å². The van der Waals surface area contributed by atoms with E-state index in [9.17, 15) is 4.79 Å². The van der Waals surface area contributed by atoms with Gasteiger partial charge in [-0.1, -0.05) is 42.1 Å². The maximum absolute atomic E-state index is 12.6. The van der Waals surface area contributed by atoms with Crippen LogP contribution in [0.1, 0.15) is 31.2 Å². The third-order valence-electron chi connectivity index (χ3n) is 4.44. The summed E-state index contributed by atoms with van der Waals surface area (Å²) < 4.78 is 2.10. The number of thioether (sulfide) groups is 1. The van der Waals surface area contributed by atoms with E-state index < -0.39 is 0 Å². The van der Waals surface area contributed by atoms with Crippen molar-refractivity contribution >= 4 is 17.7 Å². The Kier molecular flexibility index (Phi) is 4.71. The Morgan fingerprint density at radius 1 is 1.30 bits per heavy atom. The van der Waals surface area contributed by atoms with Crippen LogP contribution in [0.2, 0.25) is 0 Å². The van der Waals surface area contributed by atoms with Crippen molar-refractivity contribution < 1.29 is 4.79 Å². The molecule has 1 aromatic heterocycles. The van der Waals surface area contributed by atoms with E-state index in [0.717, 1.165) is 35.9 Å². The lowest BCUT2D eigenvalue weighted by Crippen LogP contribution is -2.36. The zero-order chi connectivity index (χ0) is 16.3. The number of nitrogens with zero attached hydrogens (tertiary/aromatic N) is 3. The van der Waals surface area contributed by atoms with Gasteiger partial charge in [0.1, 0.15) is 5.82 Å². The van der Waals surface area contributed by atoms with Crippen LogP contribution >= 0.6 is 11.8 Å². The van der Waals surface area contributed by atoms with E-state index in [1.54, 1.807) is 11.8 Å². The molecule has 1 aliphatic carbocycles. The molecule has 0 atom stereocenters. The summed E-state index contributed by atoms with van der Waals surface area (Å²) in [6, 6.07) is 10.1. The standard InChI is InChI=1S/C17H22N4OS/c1-3-21-14(19-20-16(21)23-2)9-12-18-15(22)17(10-11-17)13-7-5-4-6-8-13/h4-8H,3,9-12H2,1-2H3,(H,18,22). The fourth-order valence-electron chi connectivity index (χ4n) is 2.96. The van der Waals surface area contributed by atoms with Gasteiger partial charge in [-0.25, -0.2) is 0 Å². The Balaban J connectivity index is 1.59. The smallest absolute Gasteiger partial charge is 0.230 e. The highest BCUT2D eigenvalue weighted by atomic mass is 32.2. The van der Waals surface area contributed by atoms with Gasteiger partial charge in [-0.2, -0.15) is 0 Å². The number of carbonyl (C=O) groups excluding carboxylic acids is 1. The average Bonchev–Trinajstić information content (AvgIpc) is 3.31. The molecule has 3 rings (SSSR count). The van der Waals surface area contributed by atoms with Crippen LogP contribution in [0.3, 0.4) is 0 Å². The molecule has 1 saturated carbocycles. The van der Waals surface area contributed by atoms with Crippen LogP contribution in [0.15, 0.2) is 35.5 Å². The number of amides is 1. The molecular formula is C17H22N4OS. The topological polar surface area (TPSA) is 59.8 Å². The molecule has 1 aromatic carbocycles. The second kappa shape index (κ2) is 6.74. The number of aromatic nitrogens is 3. The van der Waals surface area contributed by atoms with Crippen LogP contribution in [-0.4, -0.2) is 33.5 Å². The first kappa shape index (κ1) is 16.1. The number of hydrogen-bond acceptors (Lipinski definition) is 4. The maximum Gasteiger partial charge on any atom is 0.230 e. The molecule has 0 radical (unpaired) electrons. The fourth-order valence-corrected chi connectivity index (χ4v) is 3.54. The largest absolute Gasteiger partial charge is 0.355 e. The molecule has 1 aliphatic rings. The molecule has 0 unspecified atom stereocenters. The average molecular weight is 330 g/mol. The van der Waals surface area contributed by atoms with Crippen molar-refractivity contribution in [2.75, 3.05) is 12.8 Å². The molecule has 0 saturated heterocycles. The Labute approximate surface area is 140 Å². The summed E-state index contributed by atoms with van der Waals surface area (Å²) >= 11 is 1.59. The van der Waals surface area contributed by atoms with Crippen molar-refractivity contribution in [3.63, 3.8) is 0 Å². The Hall–Kier alpha value is -1.82. The lowest BCUT2D eigenvalue weighted by atomic mass is 9.95. The van der Waals surface area contributed by atoms with E-state index >= 15 is 0 Å². The molecule has 2 aromatic rings. The SMILES string of the molecule is CCn1c(CCNC(=O)C2(c3ccccc3)CC2)nnc1SC. The van der Waals surface area contributed by atoms with Crippen molar-refractivity contribution in [3.05, 3.63) is 41.7 Å². The van der Waals surface area contributed by atoms with Crippen molar-refractivity contribution in [1.82, 2.24) is 20.1 Å². The van der Waals surface area contributed by atoms with Gasteiger partial charge in [-0.15, -0.1) is 10.2 Å². The maximum atomic E-state index is 12.6. The van der Waals surface area contributed by atoms with Gasteiger partial charge in [-0.05, 0) is 31.6 Å². The number of rotatable bonds is 7. The van der Waals surface area contributed by atoms with Crippen LogP contribution in [0, 0.1) is 0 Å². The highest BCUT2D eigenvalue weighted by Gasteiger charge is 2.50. The quantitative estimate of drug-likeness (QED) is 0.792. The number of nitrogens with one attached hydrogen (secondary N) is 1.